The zero-order valence-corrected chi connectivity index (χ0v) is 13.5. The summed E-state index contributed by atoms with van der Waals surface area (Å²) < 4.78 is 15.0. The Kier molecular flexibility index (Phi) is 4.37. The zero-order valence-electron chi connectivity index (χ0n) is 13.5. The van der Waals surface area contributed by atoms with Gasteiger partial charge in [-0.1, -0.05) is 19.1 Å². The number of hydrogen-bond acceptors (Lipinski definition) is 3. The molecule has 0 spiro atoms. The normalized spacial score (nSPS) is 10.6. The van der Waals surface area contributed by atoms with E-state index in [0.29, 0.717) is 23.5 Å². The summed E-state index contributed by atoms with van der Waals surface area (Å²) in [6.07, 6.45) is 3.80. The number of carbonyl (C=O) groups excluding carboxylic acids is 1. The summed E-state index contributed by atoms with van der Waals surface area (Å²) in [7, 11) is 0. The molecule has 6 heteroatoms. The number of benzene rings is 1. The molecule has 0 radical (unpaired) electrons. The van der Waals surface area contributed by atoms with E-state index >= 15 is 0 Å². The second kappa shape index (κ2) is 6.62. The summed E-state index contributed by atoms with van der Waals surface area (Å²) in [5.74, 6) is -0.0612. The van der Waals surface area contributed by atoms with Crippen molar-refractivity contribution in [2.24, 2.45) is 0 Å². The first-order chi connectivity index (χ1) is 11.6. The van der Waals surface area contributed by atoms with E-state index < -0.39 is 5.82 Å². The third-order valence-corrected chi connectivity index (χ3v) is 3.76. The predicted octanol–water partition coefficient (Wildman–Crippen LogP) is 3.53. The van der Waals surface area contributed by atoms with Gasteiger partial charge in [0, 0.05) is 11.9 Å². The van der Waals surface area contributed by atoms with E-state index in [1.807, 2.05) is 32.0 Å². The van der Waals surface area contributed by atoms with Gasteiger partial charge in [-0.2, -0.15) is 5.10 Å². The quantitative estimate of drug-likeness (QED) is 0.798. The van der Waals surface area contributed by atoms with Gasteiger partial charge in [-0.25, -0.2) is 14.1 Å². The Morgan fingerprint density at radius 1 is 1.29 bits per heavy atom. The number of pyridine rings is 1. The molecule has 3 aromatic rings. The maximum atomic E-state index is 13.4. The second-order valence-electron chi connectivity index (χ2n) is 5.37. The lowest BCUT2D eigenvalue weighted by Gasteiger charge is -2.09. The molecule has 2 heterocycles. The Balaban J connectivity index is 1.93. The Labute approximate surface area is 139 Å². The molecular formula is C18H17FN4O. The first-order valence-electron chi connectivity index (χ1n) is 7.66. The molecule has 0 saturated carbocycles. The van der Waals surface area contributed by atoms with E-state index in [4.69, 9.17) is 0 Å². The van der Waals surface area contributed by atoms with Crippen LogP contribution in [-0.2, 0) is 6.42 Å². The van der Waals surface area contributed by atoms with Gasteiger partial charge in [0.1, 0.15) is 5.82 Å². The van der Waals surface area contributed by atoms with Gasteiger partial charge in [-0.3, -0.25) is 4.79 Å². The van der Waals surface area contributed by atoms with Crippen LogP contribution in [0.25, 0.3) is 5.82 Å². The fourth-order valence-electron chi connectivity index (χ4n) is 2.50. The summed E-state index contributed by atoms with van der Waals surface area (Å²) >= 11 is 0. The largest absolute Gasteiger partial charge is 0.322 e. The van der Waals surface area contributed by atoms with Crippen molar-refractivity contribution >= 4 is 11.6 Å². The Hall–Kier alpha value is -3.02. The molecule has 1 amide bonds. The van der Waals surface area contributed by atoms with Crippen molar-refractivity contribution in [3.8, 4) is 5.82 Å². The fourth-order valence-corrected chi connectivity index (χ4v) is 2.50. The van der Waals surface area contributed by atoms with Gasteiger partial charge in [-0.05, 0) is 43.2 Å². The van der Waals surface area contributed by atoms with Crippen LogP contribution in [0.15, 0.2) is 48.8 Å². The highest BCUT2D eigenvalue weighted by atomic mass is 19.1. The number of anilines is 1. The van der Waals surface area contributed by atoms with Crippen molar-refractivity contribution in [3.63, 3.8) is 0 Å². The van der Waals surface area contributed by atoms with Crippen LogP contribution in [0.4, 0.5) is 10.1 Å². The summed E-state index contributed by atoms with van der Waals surface area (Å²) in [6, 6.07) is 9.80. The number of nitrogens with one attached hydrogen (secondary N) is 1. The maximum Gasteiger partial charge on any atom is 0.259 e. The van der Waals surface area contributed by atoms with Gasteiger partial charge in [0.15, 0.2) is 5.82 Å². The van der Waals surface area contributed by atoms with Crippen LogP contribution < -0.4 is 5.32 Å². The van der Waals surface area contributed by atoms with Crippen LogP contribution in [0.1, 0.15) is 28.5 Å². The Morgan fingerprint density at radius 2 is 2.12 bits per heavy atom. The van der Waals surface area contributed by atoms with E-state index in [1.165, 1.54) is 18.3 Å². The highest BCUT2D eigenvalue weighted by molar-refractivity contribution is 6.05. The number of aryl methyl sites for hydroxylation is 1. The average molecular weight is 324 g/mol. The second-order valence-corrected chi connectivity index (χ2v) is 5.37. The predicted molar refractivity (Wildman–Crippen MR) is 89.8 cm³/mol. The highest BCUT2D eigenvalue weighted by Gasteiger charge is 2.18. The van der Waals surface area contributed by atoms with Crippen LogP contribution in [0.2, 0.25) is 0 Å². The lowest BCUT2D eigenvalue weighted by atomic mass is 10.1. The van der Waals surface area contributed by atoms with Crippen molar-refractivity contribution < 1.29 is 9.18 Å². The number of hydrogen-bond donors (Lipinski definition) is 1. The van der Waals surface area contributed by atoms with E-state index in [0.717, 1.165) is 11.3 Å². The van der Waals surface area contributed by atoms with Gasteiger partial charge in [-0.15, -0.1) is 0 Å². The third-order valence-electron chi connectivity index (χ3n) is 3.76. The molecule has 24 heavy (non-hydrogen) atoms. The summed E-state index contributed by atoms with van der Waals surface area (Å²) in [4.78, 5) is 16.9. The van der Waals surface area contributed by atoms with Crippen molar-refractivity contribution in [2.45, 2.75) is 20.3 Å². The number of aromatic nitrogens is 3. The van der Waals surface area contributed by atoms with Gasteiger partial charge in [0.2, 0.25) is 0 Å². The van der Waals surface area contributed by atoms with Gasteiger partial charge in [0.25, 0.3) is 5.91 Å². The minimum Gasteiger partial charge on any atom is -0.322 e. The van der Waals surface area contributed by atoms with Crippen molar-refractivity contribution in [3.05, 3.63) is 71.4 Å². The van der Waals surface area contributed by atoms with Gasteiger partial charge in [0.05, 0.1) is 17.5 Å². The molecule has 3 rings (SSSR count). The van der Waals surface area contributed by atoms with Gasteiger partial charge >= 0.3 is 0 Å². The molecule has 0 fully saturated rings. The highest BCUT2D eigenvalue weighted by Crippen LogP contribution is 2.19. The first kappa shape index (κ1) is 15.9. The van der Waals surface area contributed by atoms with Crippen molar-refractivity contribution in [1.29, 1.82) is 0 Å². The number of nitrogens with zero attached hydrogens (tertiary/aromatic N) is 3. The molecule has 0 unspecified atom stereocenters. The lowest BCUT2D eigenvalue weighted by Crippen LogP contribution is -2.15. The van der Waals surface area contributed by atoms with E-state index in [-0.39, 0.29) is 5.91 Å². The van der Waals surface area contributed by atoms with E-state index in [9.17, 15) is 9.18 Å². The third kappa shape index (κ3) is 3.03. The molecule has 2 aromatic heterocycles. The smallest absolute Gasteiger partial charge is 0.259 e. The average Bonchev–Trinajstić information content (AvgIpc) is 3.03. The lowest BCUT2D eigenvalue weighted by molar-refractivity contribution is 0.102. The molecule has 0 saturated heterocycles. The number of carbonyl (C=O) groups is 1. The molecule has 0 aliphatic rings. The minimum atomic E-state index is -0.393. The van der Waals surface area contributed by atoms with Crippen molar-refractivity contribution in [1.82, 2.24) is 14.8 Å². The summed E-state index contributed by atoms with van der Waals surface area (Å²) in [6.45, 7) is 3.76. The van der Waals surface area contributed by atoms with Crippen LogP contribution in [0.3, 0.4) is 0 Å². The summed E-state index contributed by atoms with van der Waals surface area (Å²) in [5, 5.41) is 7.03. The molecule has 0 aliphatic heterocycles. The van der Waals surface area contributed by atoms with Crippen LogP contribution in [0, 0.1) is 12.7 Å². The molecule has 1 N–H and O–H groups in total. The monoisotopic (exact) mass is 324 g/mol. The van der Waals surface area contributed by atoms with Gasteiger partial charge < -0.3 is 5.32 Å². The first-order valence-corrected chi connectivity index (χ1v) is 7.66. The number of halogens is 1. The van der Waals surface area contributed by atoms with E-state index in [2.05, 4.69) is 15.4 Å². The SMILES string of the molecule is CCc1c(C(=O)Nc2cc(F)ccc2C)cnn1-c1ccccn1. The molecule has 5 nitrogen and oxygen atoms in total. The number of amides is 1. The number of rotatable bonds is 4. The summed E-state index contributed by atoms with van der Waals surface area (Å²) in [5.41, 5.74) is 2.44. The zero-order chi connectivity index (χ0) is 17.1. The Morgan fingerprint density at radius 3 is 2.83 bits per heavy atom. The molecule has 0 aliphatic carbocycles. The molecular weight excluding hydrogens is 307 g/mol. The van der Waals surface area contributed by atoms with Crippen LogP contribution in [0.5, 0.6) is 0 Å². The van der Waals surface area contributed by atoms with E-state index in [1.54, 1.807) is 16.9 Å². The van der Waals surface area contributed by atoms with Crippen LogP contribution in [-0.4, -0.2) is 20.7 Å². The molecule has 0 atom stereocenters. The maximum absolute atomic E-state index is 13.4. The standard InChI is InChI=1S/C18H17FN4O/c1-3-16-14(11-21-23(16)17-6-4-5-9-20-17)18(24)22-15-10-13(19)8-7-12(15)2/h4-11H,3H2,1-2H3,(H,22,24). The van der Waals surface area contributed by atoms with Crippen molar-refractivity contribution in [2.75, 3.05) is 5.32 Å². The Bertz CT molecular complexity index is 874. The van der Waals surface area contributed by atoms with Crippen LogP contribution >= 0.6 is 0 Å². The molecule has 1 aromatic carbocycles. The molecule has 122 valence electrons. The fraction of sp³-hybridized carbons (Fsp3) is 0.167. The molecule has 0 bridgehead atoms. The topological polar surface area (TPSA) is 59.8 Å². The minimum absolute atomic E-state index is 0.317.